The van der Waals surface area contributed by atoms with E-state index in [4.69, 9.17) is 20.4 Å². The summed E-state index contributed by atoms with van der Waals surface area (Å²) in [6, 6.07) is 0. The van der Waals surface area contributed by atoms with Crippen LogP contribution in [0.3, 0.4) is 0 Å². The molecule has 8 heteroatoms. The summed E-state index contributed by atoms with van der Waals surface area (Å²) < 4.78 is 0.578. The highest BCUT2D eigenvalue weighted by Crippen LogP contribution is 1.98. The number of hydrogen-bond acceptors (Lipinski definition) is 4. The molecule has 0 aromatic carbocycles. The zero-order valence-corrected chi connectivity index (χ0v) is 11.4. The van der Waals surface area contributed by atoms with E-state index >= 15 is 0 Å². The Kier molecular flexibility index (Phi) is 9.61. The van der Waals surface area contributed by atoms with Crippen LogP contribution in [-0.2, 0) is 14.4 Å². The highest BCUT2D eigenvalue weighted by Gasteiger charge is 2.17. The fraction of sp³-hybridized carbons (Fsp3) is 0.727. The van der Waals surface area contributed by atoms with Crippen molar-refractivity contribution in [2.24, 2.45) is 0 Å². The van der Waals surface area contributed by atoms with Gasteiger partial charge in [0, 0.05) is 0 Å². The van der Waals surface area contributed by atoms with E-state index in [1.165, 1.54) is 0 Å². The molecule has 112 valence electrons. The number of nitrogens with zero attached hydrogens (tertiary/aromatic N) is 1. The maximum absolute atomic E-state index is 10.1. The average molecular weight is 280 g/mol. The summed E-state index contributed by atoms with van der Waals surface area (Å²) >= 11 is 0. The quantitative estimate of drug-likeness (QED) is 0.460. The number of carbonyl (C=O) groups is 3. The number of aliphatic carboxylic acids is 3. The molecule has 0 fully saturated rings. The lowest BCUT2D eigenvalue weighted by molar-refractivity contribution is -0.873. The van der Waals surface area contributed by atoms with Crippen molar-refractivity contribution in [3.63, 3.8) is 0 Å². The maximum Gasteiger partial charge on any atom is 0.306 e. The van der Waals surface area contributed by atoms with Gasteiger partial charge in [0.15, 0.2) is 0 Å². The van der Waals surface area contributed by atoms with Gasteiger partial charge in [-0.1, -0.05) is 0 Å². The number of aliphatic hydroxyl groups is 1. The first kappa shape index (κ1) is 19.7. The van der Waals surface area contributed by atoms with Gasteiger partial charge in [0.05, 0.1) is 40.4 Å². The Labute approximate surface area is 111 Å². The Hall–Kier alpha value is -1.67. The van der Waals surface area contributed by atoms with E-state index in [0.29, 0.717) is 11.0 Å². The van der Waals surface area contributed by atoms with Gasteiger partial charge in [0.1, 0.15) is 12.6 Å². The largest absolute Gasteiger partial charge is 0.481 e. The summed E-state index contributed by atoms with van der Waals surface area (Å²) in [5.41, 5.74) is 0. The van der Waals surface area contributed by atoms with Crippen LogP contribution in [0.4, 0.5) is 0 Å². The number of hydrogen-bond donors (Lipinski definition) is 4. The summed E-state index contributed by atoms with van der Waals surface area (Å²) in [6.07, 6.45) is -1.51. The molecule has 0 amide bonds. The van der Waals surface area contributed by atoms with Crippen LogP contribution in [0.2, 0.25) is 0 Å². The maximum atomic E-state index is 10.1. The van der Waals surface area contributed by atoms with Gasteiger partial charge in [0.25, 0.3) is 0 Å². The van der Waals surface area contributed by atoms with Crippen LogP contribution in [0.15, 0.2) is 0 Å². The fourth-order valence-corrected chi connectivity index (χ4v) is 1.11. The van der Waals surface area contributed by atoms with Crippen LogP contribution in [0.5, 0.6) is 0 Å². The number of likely N-dealkylation sites (N-methyl/N-ethyl adjacent to an activating group) is 1. The van der Waals surface area contributed by atoms with Crippen molar-refractivity contribution in [1.82, 2.24) is 0 Å². The van der Waals surface area contributed by atoms with E-state index < -0.39 is 24.0 Å². The Morgan fingerprint density at radius 2 is 1.26 bits per heavy atom. The minimum atomic E-state index is -1.08. The number of quaternary nitrogens is 1. The molecule has 0 spiro atoms. The van der Waals surface area contributed by atoms with E-state index in [1.54, 1.807) is 0 Å². The summed E-state index contributed by atoms with van der Waals surface area (Å²) in [6.45, 7) is 0.465. The molecule has 0 aliphatic rings. The second-order valence-corrected chi connectivity index (χ2v) is 5.01. The third kappa shape index (κ3) is 22.1. The molecule has 1 unspecified atom stereocenters. The third-order valence-corrected chi connectivity index (χ3v) is 1.72. The lowest BCUT2D eigenvalue weighted by Crippen LogP contribution is -2.42. The van der Waals surface area contributed by atoms with Crippen molar-refractivity contribution in [2.45, 2.75) is 25.4 Å². The second-order valence-electron chi connectivity index (χ2n) is 5.01. The predicted molar refractivity (Wildman–Crippen MR) is 65.7 cm³/mol. The monoisotopic (exact) mass is 280 g/mol. The van der Waals surface area contributed by atoms with Crippen LogP contribution < -0.4 is 0 Å². The first-order valence-corrected chi connectivity index (χ1v) is 5.58. The lowest BCUT2D eigenvalue weighted by atomic mass is 10.2. The second kappa shape index (κ2) is 9.29. The molecule has 0 saturated heterocycles. The molecule has 0 saturated carbocycles. The molecule has 0 aliphatic heterocycles. The predicted octanol–water partition coefficient (Wildman–Crippen LogP) is -0.536. The van der Waals surface area contributed by atoms with Gasteiger partial charge in [-0.3, -0.25) is 14.4 Å². The van der Waals surface area contributed by atoms with Crippen LogP contribution in [0.1, 0.15) is 19.3 Å². The van der Waals surface area contributed by atoms with Gasteiger partial charge in [-0.15, -0.1) is 0 Å². The van der Waals surface area contributed by atoms with Gasteiger partial charge >= 0.3 is 17.9 Å². The van der Waals surface area contributed by atoms with Gasteiger partial charge in [-0.2, -0.15) is 0 Å². The van der Waals surface area contributed by atoms with E-state index in [-0.39, 0.29) is 19.3 Å². The first-order valence-electron chi connectivity index (χ1n) is 5.58. The zero-order chi connectivity index (χ0) is 15.6. The Bertz CT molecular complexity index is 295. The molecule has 0 radical (unpaired) electrons. The molecule has 0 aromatic heterocycles. The molecule has 0 aromatic rings. The average Bonchev–Trinajstić information content (AvgIpc) is 2.10. The summed E-state index contributed by atoms with van der Waals surface area (Å²) in [4.78, 5) is 29.4. The standard InChI is InChI=1S/C7H15NO3.C4H6O4/c1-8(2,3)5-6(9)4-7(10)11;5-3(6)1-2-4(7)8/h6,9H,4-5H2,1-3H3;1-2H2,(H,5,6)(H,7,8)/p+1. The summed E-state index contributed by atoms with van der Waals surface area (Å²) in [7, 11) is 5.72. The molecular weight excluding hydrogens is 258 g/mol. The molecule has 0 aliphatic carbocycles. The topological polar surface area (TPSA) is 132 Å². The van der Waals surface area contributed by atoms with Crippen LogP contribution >= 0.6 is 0 Å². The van der Waals surface area contributed by atoms with Gasteiger partial charge < -0.3 is 24.9 Å². The van der Waals surface area contributed by atoms with Crippen molar-refractivity contribution >= 4 is 17.9 Å². The van der Waals surface area contributed by atoms with Crippen molar-refractivity contribution in [3.8, 4) is 0 Å². The van der Waals surface area contributed by atoms with Gasteiger partial charge in [-0.25, -0.2) is 0 Å². The number of carboxylic acids is 3. The Morgan fingerprint density at radius 3 is 1.47 bits per heavy atom. The van der Waals surface area contributed by atoms with Crippen molar-refractivity contribution in [1.29, 1.82) is 0 Å². The SMILES string of the molecule is C[N+](C)(C)CC(O)CC(=O)O.O=C(O)CCC(=O)O. The fourth-order valence-electron chi connectivity index (χ4n) is 1.11. The third-order valence-electron chi connectivity index (χ3n) is 1.72. The minimum Gasteiger partial charge on any atom is -0.481 e. The van der Waals surface area contributed by atoms with E-state index in [9.17, 15) is 14.4 Å². The number of carboxylic acid groups (broad SMARTS) is 3. The van der Waals surface area contributed by atoms with E-state index in [1.807, 2.05) is 21.1 Å². The highest BCUT2D eigenvalue weighted by molar-refractivity contribution is 5.75. The number of aliphatic hydroxyl groups excluding tert-OH is 1. The van der Waals surface area contributed by atoms with Crippen LogP contribution in [0.25, 0.3) is 0 Å². The van der Waals surface area contributed by atoms with Gasteiger partial charge in [0.2, 0.25) is 0 Å². The lowest BCUT2D eigenvalue weighted by Gasteiger charge is -2.25. The zero-order valence-electron chi connectivity index (χ0n) is 11.4. The van der Waals surface area contributed by atoms with Crippen LogP contribution in [-0.4, -0.2) is 76.6 Å². The molecule has 1 atom stereocenters. The van der Waals surface area contributed by atoms with Crippen molar-refractivity contribution in [3.05, 3.63) is 0 Å². The van der Waals surface area contributed by atoms with Gasteiger partial charge in [-0.05, 0) is 0 Å². The molecule has 0 heterocycles. The molecule has 0 rings (SSSR count). The van der Waals surface area contributed by atoms with Crippen molar-refractivity contribution < 1.29 is 39.3 Å². The molecule has 8 nitrogen and oxygen atoms in total. The van der Waals surface area contributed by atoms with E-state index in [2.05, 4.69) is 0 Å². The molecular formula is C11H22NO7+. The first-order chi connectivity index (χ1) is 8.44. The molecule has 19 heavy (non-hydrogen) atoms. The van der Waals surface area contributed by atoms with E-state index in [0.717, 1.165) is 0 Å². The Balaban J connectivity index is 0. The number of rotatable bonds is 7. The van der Waals surface area contributed by atoms with Crippen molar-refractivity contribution in [2.75, 3.05) is 27.7 Å². The molecule has 4 N–H and O–H groups in total. The smallest absolute Gasteiger partial charge is 0.306 e. The highest BCUT2D eigenvalue weighted by atomic mass is 16.4. The summed E-state index contributed by atoms with van der Waals surface area (Å²) in [5.74, 6) is -3.11. The normalized spacial score (nSPS) is 12.0. The molecule has 0 bridgehead atoms. The minimum absolute atomic E-state index is 0.171. The summed E-state index contributed by atoms with van der Waals surface area (Å²) in [5, 5.41) is 33.3. The Morgan fingerprint density at radius 1 is 0.895 bits per heavy atom. The van der Waals surface area contributed by atoms with Crippen LogP contribution in [0, 0.1) is 0 Å².